The number of nitrogens with one attached hydrogen (secondary N) is 3. The second kappa shape index (κ2) is 11.3. The quantitative estimate of drug-likeness (QED) is 0.262. The highest BCUT2D eigenvalue weighted by Crippen LogP contribution is 2.23. The van der Waals surface area contributed by atoms with Crippen LogP contribution in [0.15, 0.2) is 82.5 Å². The van der Waals surface area contributed by atoms with Crippen LogP contribution in [-0.4, -0.2) is 66.9 Å². The summed E-state index contributed by atoms with van der Waals surface area (Å²) in [5, 5.41) is 14.5. The summed E-state index contributed by atoms with van der Waals surface area (Å²) in [5.74, 6) is -0.566. The molecule has 226 valence electrons. The Bertz CT molecular complexity index is 2180. The molecule has 3 aromatic carbocycles. The van der Waals surface area contributed by atoms with Crippen molar-refractivity contribution >= 4 is 45.0 Å². The number of aromatic amines is 2. The van der Waals surface area contributed by atoms with Crippen molar-refractivity contribution in [3.8, 4) is 0 Å². The van der Waals surface area contributed by atoms with E-state index in [0.29, 0.717) is 60.7 Å². The molecule has 1 fully saturated rings. The molecular weight excluding hydrogens is 577 g/mol. The van der Waals surface area contributed by atoms with E-state index in [1.54, 1.807) is 36.2 Å². The number of aromatic nitrogens is 6. The van der Waals surface area contributed by atoms with Gasteiger partial charge in [0.1, 0.15) is 11.2 Å². The van der Waals surface area contributed by atoms with E-state index >= 15 is 0 Å². The summed E-state index contributed by atoms with van der Waals surface area (Å²) in [6.45, 7) is 2.07. The first kappa shape index (κ1) is 28.0. The number of fused-ring (bicyclic) bond motifs is 2. The first-order valence-corrected chi connectivity index (χ1v) is 14.4. The molecule has 3 N–H and O–H groups in total. The molecule has 12 nitrogen and oxygen atoms in total. The minimum Gasteiger partial charge on any atom is -0.368 e. The van der Waals surface area contributed by atoms with Crippen molar-refractivity contribution in [2.24, 2.45) is 7.05 Å². The number of aryl methyl sites for hydroxylation is 1. The molecule has 13 heteroatoms. The lowest BCUT2D eigenvalue weighted by Crippen LogP contribution is -2.49. The van der Waals surface area contributed by atoms with E-state index in [9.17, 15) is 18.8 Å². The average molecular weight is 606 g/mol. The van der Waals surface area contributed by atoms with Gasteiger partial charge in [-0.2, -0.15) is 10.1 Å². The van der Waals surface area contributed by atoms with E-state index in [0.717, 1.165) is 22.3 Å². The summed E-state index contributed by atoms with van der Waals surface area (Å²) in [4.78, 5) is 50.0. The molecule has 0 unspecified atom stereocenters. The normalized spacial score (nSPS) is 13.5. The molecule has 4 heterocycles. The number of halogens is 1. The van der Waals surface area contributed by atoms with E-state index in [1.165, 1.54) is 16.9 Å². The van der Waals surface area contributed by atoms with Crippen LogP contribution in [0, 0.1) is 5.82 Å². The Morgan fingerprint density at radius 1 is 0.956 bits per heavy atom. The van der Waals surface area contributed by atoms with Gasteiger partial charge in [0, 0.05) is 62.6 Å². The van der Waals surface area contributed by atoms with Crippen LogP contribution in [0.5, 0.6) is 0 Å². The Hall–Kier alpha value is -5.85. The molecule has 45 heavy (non-hydrogen) atoms. The number of carbonyl (C=O) groups is 1. The summed E-state index contributed by atoms with van der Waals surface area (Å²) in [7, 11) is 1.62. The largest absolute Gasteiger partial charge is 0.368 e. The monoisotopic (exact) mass is 605 g/mol. The number of piperazine rings is 1. The number of amides is 1. The molecule has 1 amide bonds. The van der Waals surface area contributed by atoms with E-state index in [2.05, 4.69) is 35.5 Å². The second-order valence-corrected chi connectivity index (χ2v) is 10.9. The lowest BCUT2D eigenvalue weighted by molar-refractivity contribution is 0.0742. The summed E-state index contributed by atoms with van der Waals surface area (Å²) in [5.41, 5.74) is 3.16. The van der Waals surface area contributed by atoms with Crippen LogP contribution in [-0.2, 0) is 13.5 Å². The van der Waals surface area contributed by atoms with Crippen LogP contribution in [0.2, 0.25) is 0 Å². The molecule has 0 radical (unpaired) electrons. The Kier molecular flexibility index (Phi) is 7.04. The van der Waals surface area contributed by atoms with Gasteiger partial charge < -0.3 is 15.1 Å². The standard InChI is InChI=1S/C32H28FN9O3/c1-40-30(44)25-18-34-32(36-28(25)39-40)35-20-7-9-21(10-8-20)41-12-14-42(15-13-41)31(45)24-16-19(6-11-26(24)33)17-27-22-4-2-3-5-23(22)29(43)38-37-27/h2-11,16,18H,12-15,17H2,1H3,(H,38,43)(H2,34,35,36,39). The number of nitrogens with zero attached hydrogens (tertiary/aromatic N) is 6. The highest BCUT2D eigenvalue weighted by atomic mass is 19.1. The first-order chi connectivity index (χ1) is 21.8. The molecule has 1 aliphatic rings. The number of hydrogen-bond donors (Lipinski definition) is 3. The van der Waals surface area contributed by atoms with Gasteiger partial charge in [-0.15, -0.1) is 0 Å². The molecular formula is C32H28FN9O3. The summed E-state index contributed by atoms with van der Waals surface area (Å²) in [6, 6.07) is 19.5. The van der Waals surface area contributed by atoms with Gasteiger partial charge in [0.2, 0.25) is 5.95 Å². The van der Waals surface area contributed by atoms with E-state index in [1.807, 2.05) is 36.4 Å². The van der Waals surface area contributed by atoms with Crippen LogP contribution in [0.25, 0.3) is 21.8 Å². The Morgan fingerprint density at radius 3 is 2.49 bits per heavy atom. The lowest BCUT2D eigenvalue weighted by Gasteiger charge is -2.36. The van der Waals surface area contributed by atoms with Gasteiger partial charge in [-0.1, -0.05) is 24.3 Å². The van der Waals surface area contributed by atoms with Crippen molar-refractivity contribution < 1.29 is 9.18 Å². The Balaban J connectivity index is 0.998. The predicted octanol–water partition coefficient (Wildman–Crippen LogP) is 3.33. The van der Waals surface area contributed by atoms with Gasteiger partial charge in [-0.25, -0.2) is 14.5 Å². The molecule has 6 aromatic rings. The molecule has 1 aliphatic heterocycles. The molecule has 1 saturated heterocycles. The smallest absolute Gasteiger partial charge is 0.277 e. The van der Waals surface area contributed by atoms with Gasteiger partial charge in [0.15, 0.2) is 5.65 Å². The lowest BCUT2D eigenvalue weighted by atomic mass is 10.0. The fourth-order valence-electron chi connectivity index (χ4n) is 5.64. The van der Waals surface area contributed by atoms with Crippen molar-refractivity contribution in [2.45, 2.75) is 6.42 Å². The van der Waals surface area contributed by atoms with Gasteiger partial charge in [-0.05, 0) is 48.0 Å². The van der Waals surface area contributed by atoms with Crippen LogP contribution >= 0.6 is 0 Å². The van der Waals surface area contributed by atoms with Crippen LogP contribution < -0.4 is 21.3 Å². The zero-order chi connectivity index (χ0) is 31.1. The van der Waals surface area contributed by atoms with Crippen LogP contribution in [0.3, 0.4) is 0 Å². The molecule has 0 aliphatic carbocycles. The third-order valence-corrected chi connectivity index (χ3v) is 8.06. The zero-order valence-electron chi connectivity index (χ0n) is 24.2. The SMILES string of the molecule is Cn1[nH]c2nc(Nc3ccc(N4CCN(C(=O)c5cc(Cc6n[nH]c(=O)c7ccccc67)ccc5F)CC4)cc3)ncc2c1=O. The first-order valence-electron chi connectivity index (χ1n) is 14.4. The number of carbonyl (C=O) groups excluding carboxylic acids is 1. The van der Waals surface area contributed by atoms with E-state index in [-0.39, 0.29) is 22.6 Å². The molecule has 0 spiro atoms. The highest BCUT2D eigenvalue weighted by molar-refractivity contribution is 5.95. The topological polar surface area (TPSA) is 145 Å². The molecule has 7 rings (SSSR count). The maximum absolute atomic E-state index is 14.9. The van der Waals surface area contributed by atoms with E-state index < -0.39 is 5.82 Å². The van der Waals surface area contributed by atoms with E-state index in [4.69, 9.17) is 0 Å². The molecule has 0 atom stereocenters. The van der Waals surface area contributed by atoms with Gasteiger partial charge in [0.05, 0.1) is 16.6 Å². The van der Waals surface area contributed by atoms with Gasteiger partial charge in [-0.3, -0.25) is 24.2 Å². The minimum absolute atomic E-state index is 0.0186. The fraction of sp³-hybridized carbons (Fsp3) is 0.188. The summed E-state index contributed by atoms with van der Waals surface area (Å²) in [6.07, 6.45) is 1.83. The summed E-state index contributed by atoms with van der Waals surface area (Å²) >= 11 is 0. The van der Waals surface area contributed by atoms with Crippen molar-refractivity contribution in [1.29, 1.82) is 0 Å². The number of rotatable bonds is 6. The average Bonchev–Trinajstić information content (AvgIpc) is 3.35. The van der Waals surface area contributed by atoms with Crippen LogP contribution in [0.4, 0.5) is 21.7 Å². The number of hydrogen-bond acceptors (Lipinski definition) is 8. The second-order valence-electron chi connectivity index (χ2n) is 10.9. The van der Waals surface area contributed by atoms with Crippen molar-refractivity contribution in [3.05, 3.63) is 116 Å². The molecule has 3 aromatic heterocycles. The van der Waals surface area contributed by atoms with Crippen molar-refractivity contribution in [1.82, 2.24) is 34.8 Å². The Labute approximate surface area is 255 Å². The predicted molar refractivity (Wildman–Crippen MR) is 169 cm³/mol. The van der Waals surface area contributed by atoms with Crippen LogP contribution in [0.1, 0.15) is 21.6 Å². The van der Waals surface area contributed by atoms with Crippen molar-refractivity contribution in [3.63, 3.8) is 0 Å². The fourth-order valence-corrected chi connectivity index (χ4v) is 5.64. The maximum atomic E-state index is 14.9. The number of anilines is 3. The third kappa shape index (κ3) is 5.39. The van der Waals surface area contributed by atoms with Gasteiger partial charge >= 0.3 is 0 Å². The minimum atomic E-state index is -0.574. The number of H-pyrrole nitrogens is 2. The Morgan fingerprint density at radius 2 is 1.71 bits per heavy atom. The summed E-state index contributed by atoms with van der Waals surface area (Å²) < 4.78 is 16.3. The molecule has 0 saturated carbocycles. The van der Waals surface area contributed by atoms with Crippen molar-refractivity contribution in [2.75, 3.05) is 36.4 Å². The third-order valence-electron chi connectivity index (χ3n) is 8.06. The molecule has 0 bridgehead atoms. The maximum Gasteiger partial charge on any atom is 0.277 e. The van der Waals surface area contributed by atoms with Gasteiger partial charge in [0.25, 0.3) is 17.0 Å². The number of benzene rings is 3. The zero-order valence-corrected chi connectivity index (χ0v) is 24.2. The highest BCUT2D eigenvalue weighted by Gasteiger charge is 2.25.